The topological polar surface area (TPSA) is 49.2 Å². The number of ether oxygens (including phenoxy) is 2. The van der Waals surface area contributed by atoms with Gasteiger partial charge in [-0.2, -0.15) is 0 Å². The molecule has 0 radical (unpaired) electrons. The van der Waals surface area contributed by atoms with Crippen LogP contribution in [0.5, 0.6) is 23.0 Å². The number of benzene rings is 7. The van der Waals surface area contributed by atoms with Crippen LogP contribution in [0.2, 0.25) is 0 Å². The molecule has 5 heteroatoms. The molecular weight excluding hydrogens is 578 g/mol. The average molecular weight is 604 g/mol. The molecule has 0 saturated carbocycles. The highest BCUT2D eigenvalue weighted by Gasteiger charge is 2.21. The summed E-state index contributed by atoms with van der Waals surface area (Å²) in [6.07, 6.45) is 0. The number of rotatable bonds is 3. The van der Waals surface area contributed by atoms with Gasteiger partial charge in [0.1, 0.15) is 0 Å². The third-order valence-corrected chi connectivity index (χ3v) is 9.04. The number of hydrogen-bond acceptors (Lipinski definition) is 4. The Bertz CT molecular complexity index is 2700. The average Bonchev–Trinajstić information content (AvgIpc) is 3.46. The van der Waals surface area contributed by atoms with Crippen molar-refractivity contribution in [2.45, 2.75) is 0 Å². The second-order valence-electron chi connectivity index (χ2n) is 11.9. The van der Waals surface area contributed by atoms with Gasteiger partial charge in [-0.05, 0) is 70.4 Å². The summed E-state index contributed by atoms with van der Waals surface area (Å²) in [6.45, 7) is 0. The Morgan fingerprint density at radius 3 is 1.85 bits per heavy atom. The van der Waals surface area contributed by atoms with Crippen LogP contribution in [0, 0.1) is 0 Å². The molecule has 0 saturated heterocycles. The summed E-state index contributed by atoms with van der Waals surface area (Å²) < 4.78 is 14.9. The minimum atomic E-state index is 0.645. The van der Waals surface area contributed by atoms with Crippen molar-refractivity contribution in [3.05, 3.63) is 152 Å². The Balaban J connectivity index is 1.11. The van der Waals surface area contributed by atoms with Crippen LogP contribution in [0.1, 0.15) is 0 Å². The van der Waals surface area contributed by atoms with E-state index in [4.69, 9.17) is 19.4 Å². The molecular formula is C42H25N3O2. The van der Waals surface area contributed by atoms with E-state index in [-0.39, 0.29) is 0 Å². The monoisotopic (exact) mass is 603 g/mol. The molecule has 3 heterocycles. The van der Waals surface area contributed by atoms with Crippen LogP contribution in [-0.2, 0) is 0 Å². The Kier molecular flexibility index (Phi) is 5.51. The van der Waals surface area contributed by atoms with Crippen molar-refractivity contribution in [3.8, 4) is 51.3 Å². The van der Waals surface area contributed by atoms with E-state index >= 15 is 0 Å². The third kappa shape index (κ3) is 4.10. The van der Waals surface area contributed by atoms with Gasteiger partial charge in [-0.25, -0.2) is 9.97 Å². The Morgan fingerprint density at radius 1 is 0.404 bits per heavy atom. The van der Waals surface area contributed by atoms with Crippen LogP contribution in [0.4, 0.5) is 0 Å². The molecule has 0 bridgehead atoms. The first-order valence-electron chi connectivity index (χ1n) is 15.7. The van der Waals surface area contributed by atoms with Crippen LogP contribution in [0.15, 0.2) is 152 Å². The molecule has 1 aliphatic heterocycles. The molecule has 1 aliphatic rings. The largest absolute Gasteiger partial charge is 0.449 e. The highest BCUT2D eigenvalue weighted by molar-refractivity contribution is 6.10. The van der Waals surface area contributed by atoms with Gasteiger partial charge in [0.05, 0.1) is 22.2 Å². The normalized spacial score (nSPS) is 12.2. The van der Waals surface area contributed by atoms with E-state index in [1.807, 2.05) is 60.7 Å². The maximum Gasteiger partial charge on any atom is 0.235 e. The molecule has 9 aromatic rings. The molecule has 0 unspecified atom stereocenters. The van der Waals surface area contributed by atoms with Crippen LogP contribution in [-0.4, -0.2) is 14.5 Å². The fraction of sp³-hybridized carbons (Fsp3) is 0. The Labute approximate surface area is 269 Å². The lowest BCUT2D eigenvalue weighted by Gasteiger charge is -2.22. The van der Waals surface area contributed by atoms with Gasteiger partial charge in [-0.15, -0.1) is 0 Å². The second-order valence-corrected chi connectivity index (χ2v) is 11.9. The van der Waals surface area contributed by atoms with Gasteiger partial charge >= 0.3 is 0 Å². The van der Waals surface area contributed by atoms with E-state index in [9.17, 15) is 0 Å². The smallest absolute Gasteiger partial charge is 0.235 e. The molecule has 0 atom stereocenters. The van der Waals surface area contributed by atoms with E-state index in [2.05, 4.69) is 95.6 Å². The highest BCUT2D eigenvalue weighted by Crippen LogP contribution is 2.48. The summed E-state index contributed by atoms with van der Waals surface area (Å²) in [4.78, 5) is 10.3. The SMILES string of the molecule is c1ccc(-c2nc(-n3c4ccccc4c4cc(-c5ccc6c(c5)Oc5cc7ccccc7cc5O6)ccc43)nc3ccccc23)cc1. The number of aromatic nitrogens is 3. The van der Waals surface area contributed by atoms with E-state index in [0.29, 0.717) is 17.4 Å². The van der Waals surface area contributed by atoms with E-state index in [1.54, 1.807) is 0 Å². The molecule has 0 amide bonds. The molecule has 7 aromatic carbocycles. The van der Waals surface area contributed by atoms with Gasteiger partial charge in [0, 0.05) is 21.7 Å². The van der Waals surface area contributed by atoms with Crippen LogP contribution < -0.4 is 9.47 Å². The summed E-state index contributed by atoms with van der Waals surface area (Å²) >= 11 is 0. The van der Waals surface area contributed by atoms with Crippen molar-refractivity contribution in [3.63, 3.8) is 0 Å². The van der Waals surface area contributed by atoms with Crippen molar-refractivity contribution < 1.29 is 9.47 Å². The maximum atomic E-state index is 6.40. The van der Waals surface area contributed by atoms with E-state index in [1.165, 1.54) is 0 Å². The first-order chi connectivity index (χ1) is 23.3. The van der Waals surface area contributed by atoms with Gasteiger partial charge in [0.2, 0.25) is 5.95 Å². The molecule has 10 rings (SSSR count). The highest BCUT2D eigenvalue weighted by atomic mass is 16.6. The summed E-state index contributed by atoms with van der Waals surface area (Å²) in [6, 6.07) is 52.0. The standard InChI is InChI=1S/C42H25N3O2/c1-2-10-26(11-3-1)41-32-15-6-8-16-34(32)43-42(44-41)45-35-17-9-7-14-31(35)33-22-29(18-20-36(33)45)30-19-21-37-38(25-30)47-40-24-28-13-5-4-12-27(28)23-39(40)46-37/h1-25H. The van der Waals surface area contributed by atoms with Crippen molar-refractivity contribution in [1.82, 2.24) is 14.5 Å². The third-order valence-electron chi connectivity index (χ3n) is 9.04. The fourth-order valence-corrected chi connectivity index (χ4v) is 6.80. The van der Waals surface area contributed by atoms with Crippen molar-refractivity contribution in [2.75, 3.05) is 0 Å². The van der Waals surface area contributed by atoms with Gasteiger partial charge in [0.25, 0.3) is 0 Å². The maximum absolute atomic E-state index is 6.40. The Hall–Kier alpha value is -6.46. The van der Waals surface area contributed by atoms with Gasteiger partial charge < -0.3 is 9.47 Å². The zero-order valence-electron chi connectivity index (χ0n) is 25.1. The lowest BCUT2D eigenvalue weighted by atomic mass is 10.0. The molecule has 2 aromatic heterocycles. The molecule has 0 N–H and O–H groups in total. The van der Waals surface area contributed by atoms with E-state index in [0.717, 1.165) is 77.4 Å². The lowest BCUT2D eigenvalue weighted by molar-refractivity contribution is 0.360. The van der Waals surface area contributed by atoms with E-state index < -0.39 is 0 Å². The predicted octanol–water partition coefficient (Wildman–Crippen LogP) is 11.1. The first-order valence-corrected chi connectivity index (χ1v) is 15.7. The zero-order valence-corrected chi connectivity index (χ0v) is 25.1. The summed E-state index contributed by atoms with van der Waals surface area (Å²) in [5.74, 6) is 3.50. The predicted molar refractivity (Wildman–Crippen MR) is 189 cm³/mol. The quantitative estimate of drug-likeness (QED) is 0.202. The molecule has 47 heavy (non-hydrogen) atoms. The van der Waals surface area contributed by atoms with Crippen LogP contribution in [0.25, 0.3) is 71.8 Å². The fourth-order valence-electron chi connectivity index (χ4n) is 6.80. The molecule has 5 nitrogen and oxygen atoms in total. The summed E-state index contributed by atoms with van der Waals surface area (Å²) in [5, 5.41) is 5.53. The number of para-hydroxylation sites is 2. The number of fused-ring (bicyclic) bond motifs is 7. The summed E-state index contributed by atoms with van der Waals surface area (Å²) in [7, 11) is 0. The minimum Gasteiger partial charge on any atom is -0.449 e. The van der Waals surface area contributed by atoms with Crippen LogP contribution in [0.3, 0.4) is 0 Å². The molecule has 0 aliphatic carbocycles. The van der Waals surface area contributed by atoms with Crippen molar-refractivity contribution in [1.29, 1.82) is 0 Å². The minimum absolute atomic E-state index is 0.645. The zero-order chi connectivity index (χ0) is 30.9. The molecule has 0 spiro atoms. The Morgan fingerprint density at radius 2 is 1.02 bits per heavy atom. The number of hydrogen-bond donors (Lipinski definition) is 0. The van der Waals surface area contributed by atoms with Gasteiger partial charge in [-0.3, -0.25) is 4.57 Å². The molecule has 0 fully saturated rings. The van der Waals surface area contributed by atoms with Crippen LogP contribution >= 0.6 is 0 Å². The second kappa shape index (κ2) is 10.0. The van der Waals surface area contributed by atoms with Gasteiger partial charge in [0.15, 0.2) is 23.0 Å². The number of nitrogens with zero attached hydrogens (tertiary/aromatic N) is 3. The summed E-state index contributed by atoms with van der Waals surface area (Å²) in [5.41, 5.74) is 7.11. The van der Waals surface area contributed by atoms with Gasteiger partial charge in [-0.1, -0.05) is 103 Å². The van der Waals surface area contributed by atoms with Crippen molar-refractivity contribution >= 4 is 43.5 Å². The lowest BCUT2D eigenvalue weighted by Crippen LogP contribution is -2.03. The van der Waals surface area contributed by atoms with Crippen molar-refractivity contribution in [2.24, 2.45) is 0 Å². The molecule has 220 valence electrons. The first kappa shape index (κ1) is 25.8.